The molecular formula is C16H25NO. The number of hydrogen-bond donors (Lipinski definition) is 2. The number of aliphatic hydroxyl groups is 1. The summed E-state index contributed by atoms with van der Waals surface area (Å²) >= 11 is 0. The van der Waals surface area contributed by atoms with Crippen LogP contribution in [0.25, 0.3) is 0 Å². The fraction of sp³-hybridized carbons (Fsp3) is 0.625. The fourth-order valence-corrected chi connectivity index (χ4v) is 2.97. The summed E-state index contributed by atoms with van der Waals surface area (Å²) in [6.45, 7) is 5.41. The second-order valence-corrected chi connectivity index (χ2v) is 5.67. The maximum atomic E-state index is 9.68. The third-order valence-corrected chi connectivity index (χ3v) is 4.12. The number of rotatable bonds is 4. The average molecular weight is 247 g/mol. The van der Waals surface area contributed by atoms with Crippen LogP contribution in [0.1, 0.15) is 49.8 Å². The van der Waals surface area contributed by atoms with Crippen LogP contribution in [0.4, 0.5) is 0 Å². The van der Waals surface area contributed by atoms with Crippen molar-refractivity contribution < 1.29 is 5.11 Å². The van der Waals surface area contributed by atoms with E-state index >= 15 is 0 Å². The highest BCUT2D eigenvalue weighted by atomic mass is 16.3. The van der Waals surface area contributed by atoms with Crippen LogP contribution in [-0.4, -0.2) is 17.8 Å². The van der Waals surface area contributed by atoms with E-state index in [0.29, 0.717) is 12.0 Å². The molecule has 0 aliphatic heterocycles. The molecule has 1 fully saturated rings. The van der Waals surface area contributed by atoms with Gasteiger partial charge < -0.3 is 10.4 Å². The number of benzene rings is 1. The van der Waals surface area contributed by atoms with Crippen molar-refractivity contribution in [2.24, 2.45) is 5.92 Å². The largest absolute Gasteiger partial charge is 0.393 e. The Balaban J connectivity index is 1.84. The number of nitrogens with one attached hydrogen (secondary N) is 1. The van der Waals surface area contributed by atoms with Gasteiger partial charge in [-0.15, -0.1) is 0 Å². The highest BCUT2D eigenvalue weighted by Crippen LogP contribution is 2.24. The zero-order valence-corrected chi connectivity index (χ0v) is 11.5. The van der Waals surface area contributed by atoms with Gasteiger partial charge in [-0.3, -0.25) is 0 Å². The number of hydrogen-bond acceptors (Lipinski definition) is 2. The van der Waals surface area contributed by atoms with Crippen LogP contribution in [0.5, 0.6) is 0 Å². The van der Waals surface area contributed by atoms with Gasteiger partial charge in [0.05, 0.1) is 6.10 Å². The van der Waals surface area contributed by atoms with Gasteiger partial charge in [-0.1, -0.05) is 30.7 Å². The molecule has 2 heteroatoms. The number of aryl methyl sites for hydroxylation is 1. The molecule has 3 unspecified atom stereocenters. The molecule has 100 valence electrons. The van der Waals surface area contributed by atoms with E-state index in [1.165, 1.54) is 24.0 Å². The smallest absolute Gasteiger partial charge is 0.0543 e. The molecule has 1 aliphatic carbocycles. The van der Waals surface area contributed by atoms with Crippen molar-refractivity contribution in [3.05, 3.63) is 35.4 Å². The predicted molar refractivity (Wildman–Crippen MR) is 75.6 cm³/mol. The van der Waals surface area contributed by atoms with E-state index < -0.39 is 0 Å². The lowest BCUT2D eigenvalue weighted by Crippen LogP contribution is -2.30. The summed E-state index contributed by atoms with van der Waals surface area (Å²) < 4.78 is 0. The minimum atomic E-state index is -0.0701. The van der Waals surface area contributed by atoms with Crippen LogP contribution < -0.4 is 5.32 Å². The van der Waals surface area contributed by atoms with Gasteiger partial charge in [-0.25, -0.2) is 0 Å². The molecule has 0 spiro atoms. The van der Waals surface area contributed by atoms with E-state index in [-0.39, 0.29) is 6.10 Å². The van der Waals surface area contributed by atoms with Crippen molar-refractivity contribution >= 4 is 0 Å². The van der Waals surface area contributed by atoms with Gasteiger partial charge in [0.2, 0.25) is 0 Å². The summed E-state index contributed by atoms with van der Waals surface area (Å²) in [5, 5.41) is 13.3. The summed E-state index contributed by atoms with van der Waals surface area (Å²) in [4.78, 5) is 0. The highest BCUT2D eigenvalue weighted by Gasteiger charge is 2.20. The van der Waals surface area contributed by atoms with Gasteiger partial charge in [0.25, 0.3) is 0 Å². The van der Waals surface area contributed by atoms with E-state index in [1.807, 2.05) is 0 Å². The Morgan fingerprint density at radius 3 is 2.83 bits per heavy atom. The molecule has 1 saturated carbocycles. The molecule has 0 heterocycles. The minimum Gasteiger partial charge on any atom is -0.393 e. The summed E-state index contributed by atoms with van der Waals surface area (Å²) in [5.41, 5.74) is 2.73. The Morgan fingerprint density at radius 2 is 2.11 bits per heavy atom. The van der Waals surface area contributed by atoms with E-state index in [1.54, 1.807) is 0 Å². The predicted octanol–water partition coefficient (Wildman–Crippen LogP) is 3.20. The summed E-state index contributed by atoms with van der Waals surface area (Å²) in [6.07, 6.45) is 4.31. The lowest BCUT2D eigenvalue weighted by Gasteiger charge is -2.27. The Kier molecular flexibility index (Phi) is 4.79. The molecule has 0 bridgehead atoms. The molecule has 18 heavy (non-hydrogen) atoms. The molecule has 0 aromatic heterocycles. The van der Waals surface area contributed by atoms with Crippen LogP contribution in [0, 0.1) is 12.8 Å². The maximum Gasteiger partial charge on any atom is 0.0543 e. The van der Waals surface area contributed by atoms with E-state index in [4.69, 9.17) is 0 Å². The first kappa shape index (κ1) is 13.6. The maximum absolute atomic E-state index is 9.68. The quantitative estimate of drug-likeness (QED) is 0.856. The Hall–Kier alpha value is -0.860. The molecule has 2 nitrogen and oxygen atoms in total. The first-order valence-corrected chi connectivity index (χ1v) is 7.14. The third kappa shape index (κ3) is 3.56. The summed E-state index contributed by atoms with van der Waals surface area (Å²) in [6, 6.07) is 8.94. The highest BCUT2D eigenvalue weighted by molar-refractivity contribution is 5.28. The van der Waals surface area contributed by atoms with Gasteiger partial charge in [0.1, 0.15) is 0 Å². The van der Waals surface area contributed by atoms with Gasteiger partial charge in [-0.05, 0) is 56.7 Å². The van der Waals surface area contributed by atoms with Gasteiger partial charge in [0.15, 0.2) is 0 Å². The second kappa shape index (κ2) is 6.35. The van der Waals surface area contributed by atoms with Crippen LogP contribution >= 0.6 is 0 Å². The van der Waals surface area contributed by atoms with E-state index in [9.17, 15) is 5.11 Å². The third-order valence-electron chi connectivity index (χ3n) is 4.12. The van der Waals surface area contributed by atoms with Crippen LogP contribution in [0.2, 0.25) is 0 Å². The Bertz CT molecular complexity index is 377. The molecule has 0 saturated heterocycles. The van der Waals surface area contributed by atoms with E-state index in [0.717, 1.165) is 19.4 Å². The first-order chi connectivity index (χ1) is 8.66. The topological polar surface area (TPSA) is 32.3 Å². The van der Waals surface area contributed by atoms with Crippen molar-refractivity contribution in [3.8, 4) is 0 Å². The molecule has 2 rings (SSSR count). The van der Waals surface area contributed by atoms with E-state index in [2.05, 4.69) is 43.4 Å². The van der Waals surface area contributed by atoms with Crippen molar-refractivity contribution in [2.45, 2.75) is 51.7 Å². The van der Waals surface area contributed by atoms with Crippen LogP contribution in [0.15, 0.2) is 24.3 Å². The summed E-state index contributed by atoms with van der Waals surface area (Å²) in [7, 11) is 0. The van der Waals surface area contributed by atoms with Crippen molar-refractivity contribution in [2.75, 3.05) is 6.54 Å². The first-order valence-electron chi connectivity index (χ1n) is 7.14. The summed E-state index contributed by atoms with van der Waals surface area (Å²) in [5.74, 6) is 0.639. The molecular weight excluding hydrogens is 222 g/mol. The Labute approximate surface area is 110 Å². The molecule has 1 aromatic carbocycles. The fourth-order valence-electron chi connectivity index (χ4n) is 2.97. The van der Waals surface area contributed by atoms with Gasteiger partial charge in [-0.2, -0.15) is 0 Å². The average Bonchev–Trinajstić information content (AvgIpc) is 2.37. The van der Waals surface area contributed by atoms with Crippen molar-refractivity contribution in [1.82, 2.24) is 5.32 Å². The standard InChI is InChI=1S/C16H25NO/c1-12-6-3-4-9-16(12)13(2)17-11-14-7-5-8-15(18)10-14/h3-4,6,9,13-15,17-18H,5,7-8,10-11H2,1-2H3. The van der Waals surface area contributed by atoms with Gasteiger partial charge >= 0.3 is 0 Å². The molecule has 1 aromatic rings. The van der Waals surface area contributed by atoms with Gasteiger partial charge in [0, 0.05) is 6.04 Å². The van der Waals surface area contributed by atoms with Crippen LogP contribution in [-0.2, 0) is 0 Å². The molecule has 3 atom stereocenters. The lowest BCUT2D eigenvalue weighted by atomic mass is 9.87. The molecule has 0 amide bonds. The zero-order chi connectivity index (χ0) is 13.0. The molecule has 1 aliphatic rings. The molecule has 2 N–H and O–H groups in total. The van der Waals surface area contributed by atoms with Crippen LogP contribution in [0.3, 0.4) is 0 Å². The molecule has 0 radical (unpaired) electrons. The normalized spacial score (nSPS) is 25.9. The van der Waals surface area contributed by atoms with Crippen molar-refractivity contribution in [1.29, 1.82) is 0 Å². The monoisotopic (exact) mass is 247 g/mol. The van der Waals surface area contributed by atoms with Crippen molar-refractivity contribution in [3.63, 3.8) is 0 Å². The minimum absolute atomic E-state index is 0.0701. The second-order valence-electron chi connectivity index (χ2n) is 5.67. The SMILES string of the molecule is Cc1ccccc1C(C)NCC1CCCC(O)C1. The Morgan fingerprint density at radius 1 is 1.33 bits per heavy atom. The zero-order valence-electron chi connectivity index (χ0n) is 11.5. The lowest BCUT2D eigenvalue weighted by molar-refractivity contribution is 0.0998. The number of aliphatic hydroxyl groups excluding tert-OH is 1.